The zero-order valence-corrected chi connectivity index (χ0v) is 6.44. The minimum absolute atomic E-state index is 0.0617. The van der Waals surface area contributed by atoms with Crippen molar-refractivity contribution in [2.75, 3.05) is 0 Å². The van der Waals surface area contributed by atoms with Gasteiger partial charge in [-0.3, -0.25) is 4.79 Å². The second-order valence-electron chi connectivity index (χ2n) is 2.38. The second-order valence-corrected chi connectivity index (χ2v) is 2.72. The lowest BCUT2D eigenvalue weighted by molar-refractivity contribution is -0.130. The molecule has 0 aromatic carbocycles. The average molecular weight is 163 g/mol. The molecule has 3 nitrogen and oxygen atoms in total. The predicted octanol–water partition coefficient (Wildman–Crippen LogP) is 1.38. The molecule has 10 heavy (non-hydrogen) atoms. The monoisotopic (exact) mass is 162 g/mol. The van der Waals surface area contributed by atoms with Crippen LogP contribution in [0.4, 0.5) is 0 Å². The van der Waals surface area contributed by atoms with Crippen LogP contribution in [0.3, 0.4) is 0 Å². The summed E-state index contributed by atoms with van der Waals surface area (Å²) in [7, 11) is 0. The van der Waals surface area contributed by atoms with E-state index in [0.29, 0.717) is 0 Å². The molecule has 0 saturated heterocycles. The van der Waals surface area contributed by atoms with Crippen LogP contribution in [0, 0.1) is 0 Å². The molecule has 0 saturated carbocycles. The Bertz CT molecular complexity index is 195. The van der Waals surface area contributed by atoms with Crippen LogP contribution in [0.1, 0.15) is 13.8 Å². The number of halogens is 1. The highest BCUT2D eigenvalue weighted by molar-refractivity contribution is 6.67. The van der Waals surface area contributed by atoms with Crippen LogP contribution in [-0.4, -0.2) is 11.0 Å². The van der Waals surface area contributed by atoms with Gasteiger partial charge in [0, 0.05) is 13.8 Å². The summed E-state index contributed by atoms with van der Waals surface area (Å²) in [4.78, 5) is 10.4. The maximum absolute atomic E-state index is 10.4. The Labute approximate surface area is 63.6 Å². The Morgan fingerprint density at radius 3 is 2.50 bits per heavy atom. The van der Waals surface area contributed by atoms with Crippen LogP contribution in [-0.2, 0) is 14.3 Å². The zero-order chi connectivity index (χ0) is 7.78. The first-order valence-corrected chi connectivity index (χ1v) is 3.16. The van der Waals surface area contributed by atoms with Crippen molar-refractivity contribution in [3.8, 4) is 0 Å². The van der Waals surface area contributed by atoms with Gasteiger partial charge in [-0.2, -0.15) is 0 Å². The first-order valence-electron chi connectivity index (χ1n) is 2.78. The van der Waals surface area contributed by atoms with Gasteiger partial charge in [0.25, 0.3) is 5.24 Å². The highest BCUT2D eigenvalue weighted by Crippen LogP contribution is 2.25. The zero-order valence-electron chi connectivity index (χ0n) is 5.68. The number of carbonyl (C=O) groups is 1. The van der Waals surface area contributed by atoms with E-state index < -0.39 is 11.0 Å². The molecule has 0 aliphatic carbocycles. The Hall–Kier alpha value is -0.700. The lowest BCUT2D eigenvalue weighted by Gasteiger charge is -2.16. The lowest BCUT2D eigenvalue weighted by atomic mass is 10.4. The van der Waals surface area contributed by atoms with Crippen molar-refractivity contribution in [3.63, 3.8) is 0 Å². The third-order valence-corrected chi connectivity index (χ3v) is 1.19. The fraction of sp³-hybridized carbons (Fsp3) is 0.500. The molecule has 0 N–H and O–H groups in total. The van der Waals surface area contributed by atoms with Gasteiger partial charge in [-0.15, -0.1) is 0 Å². The van der Waals surface area contributed by atoms with Gasteiger partial charge in [0.1, 0.15) is 6.26 Å². The number of ether oxygens (including phenoxy) is 2. The van der Waals surface area contributed by atoms with Gasteiger partial charge in [-0.1, -0.05) is 0 Å². The fourth-order valence-corrected chi connectivity index (χ4v) is 0.678. The van der Waals surface area contributed by atoms with E-state index in [4.69, 9.17) is 21.1 Å². The van der Waals surface area contributed by atoms with E-state index in [-0.39, 0.29) is 5.76 Å². The van der Waals surface area contributed by atoms with Gasteiger partial charge in [0.2, 0.25) is 11.5 Å². The van der Waals surface area contributed by atoms with Gasteiger partial charge in [-0.25, -0.2) is 0 Å². The molecular weight excluding hydrogens is 156 g/mol. The summed E-state index contributed by atoms with van der Waals surface area (Å²) >= 11 is 5.10. The number of hydrogen-bond donors (Lipinski definition) is 0. The molecule has 0 amide bonds. The molecule has 1 rings (SSSR count). The molecule has 0 radical (unpaired) electrons. The number of allylic oxidation sites excluding steroid dienone is 1. The molecule has 0 bridgehead atoms. The maximum Gasteiger partial charge on any atom is 0.290 e. The first kappa shape index (κ1) is 7.41. The smallest absolute Gasteiger partial charge is 0.290 e. The summed E-state index contributed by atoms with van der Waals surface area (Å²) in [5.41, 5.74) is 0. The van der Waals surface area contributed by atoms with Crippen molar-refractivity contribution in [1.29, 1.82) is 0 Å². The molecule has 4 heteroatoms. The minimum Gasteiger partial charge on any atom is -0.456 e. The van der Waals surface area contributed by atoms with Gasteiger partial charge in [0.15, 0.2) is 0 Å². The molecule has 1 aliphatic rings. The topological polar surface area (TPSA) is 35.5 Å². The van der Waals surface area contributed by atoms with Crippen LogP contribution in [0.2, 0.25) is 0 Å². The minimum atomic E-state index is -0.750. The molecule has 0 spiro atoms. The summed E-state index contributed by atoms with van der Waals surface area (Å²) in [5.74, 6) is -0.688. The van der Waals surface area contributed by atoms with Crippen LogP contribution in [0.25, 0.3) is 0 Å². The number of hydrogen-bond acceptors (Lipinski definition) is 3. The molecule has 0 fully saturated rings. The van der Waals surface area contributed by atoms with Crippen molar-refractivity contribution in [1.82, 2.24) is 0 Å². The third-order valence-electron chi connectivity index (χ3n) is 0.999. The van der Waals surface area contributed by atoms with Crippen molar-refractivity contribution >= 4 is 16.8 Å². The van der Waals surface area contributed by atoms with Crippen molar-refractivity contribution in [3.05, 3.63) is 12.0 Å². The van der Waals surface area contributed by atoms with Crippen LogP contribution in [0.15, 0.2) is 12.0 Å². The summed E-state index contributed by atoms with van der Waals surface area (Å²) in [6.07, 6.45) is 1.22. The van der Waals surface area contributed by atoms with Crippen molar-refractivity contribution in [2.24, 2.45) is 0 Å². The summed E-state index contributed by atoms with van der Waals surface area (Å²) in [5, 5.41) is -0.634. The largest absolute Gasteiger partial charge is 0.456 e. The highest BCUT2D eigenvalue weighted by Gasteiger charge is 2.30. The summed E-state index contributed by atoms with van der Waals surface area (Å²) in [6, 6.07) is 0. The Morgan fingerprint density at radius 1 is 1.70 bits per heavy atom. The van der Waals surface area contributed by atoms with E-state index in [2.05, 4.69) is 0 Å². The standard InChI is InChI=1S/C6H7ClO3/c1-6(2)9-3-4(10-6)5(7)8/h3H,1-2H3. The molecule has 56 valence electrons. The second kappa shape index (κ2) is 2.16. The van der Waals surface area contributed by atoms with Gasteiger partial charge in [-0.05, 0) is 11.6 Å². The quantitative estimate of drug-likeness (QED) is 0.547. The third kappa shape index (κ3) is 1.42. The SMILES string of the molecule is CC1(C)OC=C(C(=O)Cl)O1. The molecule has 0 aromatic rings. The fourth-order valence-electron chi connectivity index (χ4n) is 0.595. The normalized spacial score (nSPS) is 20.9. The van der Waals surface area contributed by atoms with Crippen molar-refractivity contribution < 1.29 is 14.3 Å². The maximum atomic E-state index is 10.4. The molecule has 1 aliphatic heterocycles. The van der Waals surface area contributed by atoms with Crippen LogP contribution in [0.5, 0.6) is 0 Å². The number of rotatable bonds is 1. The first-order chi connectivity index (χ1) is 4.51. The van der Waals surface area contributed by atoms with Gasteiger partial charge < -0.3 is 9.47 Å². The van der Waals surface area contributed by atoms with E-state index in [1.54, 1.807) is 13.8 Å². The Balaban J connectivity index is 2.64. The highest BCUT2D eigenvalue weighted by atomic mass is 35.5. The van der Waals surface area contributed by atoms with E-state index in [0.717, 1.165) is 0 Å². The average Bonchev–Trinajstić information content (AvgIpc) is 2.10. The van der Waals surface area contributed by atoms with E-state index in [1.165, 1.54) is 6.26 Å². The number of carbonyl (C=O) groups excluding carboxylic acids is 1. The van der Waals surface area contributed by atoms with Gasteiger partial charge >= 0.3 is 0 Å². The predicted molar refractivity (Wildman–Crippen MR) is 35.2 cm³/mol. The molecule has 0 aromatic heterocycles. The molecule has 0 unspecified atom stereocenters. The van der Waals surface area contributed by atoms with E-state index in [9.17, 15) is 4.79 Å². The van der Waals surface area contributed by atoms with Gasteiger partial charge in [0.05, 0.1) is 0 Å². The Kier molecular flexibility index (Phi) is 1.60. The van der Waals surface area contributed by atoms with E-state index >= 15 is 0 Å². The summed E-state index contributed by atoms with van der Waals surface area (Å²) < 4.78 is 9.89. The van der Waals surface area contributed by atoms with Crippen molar-refractivity contribution in [2.45, 2.75) is 19.6 Å². The lowest BCUT2D eigenvalue weighted by Crippen LogP contribution is -2.20. The summed E-state index contributed by atoms with van der Waals surface area (Å²) in [6.45, 7) is 3.38. The Morgan fingerprint density at radius 2 is 2.30 bits per heavy atom. The molecular formula is C6H7ClO3. The van der Waals surface area contributed by atoms with Crippen LogP contribution < -0.4 is 0 Å². The van der Waals surface area contributed by atoms with E-state index in [1.807, 2.05) is 0 Å². The molecule has 0 atom stereocenters. The van der Waals surface area contributed by atoms with Crippen LogP contribution >= 0.6 is 11.6 Å². The molecule has 1 heterocycles.